The highest BCUT2D eigenvalue weighted by Gasteiger charge is 2.53. The molecule has 0 amide bonds. The van der Waals surface area contributed by atoms with Crippen molar-refractivity contribution in [2.45, 2.75) is 51.1 Å². The first kappa shape index (κ1) is 20.6. The molecule has 1 N–H and O–H groups in total. The van der Waals surface area contributed by atoms with Gasteiger partial charge in [-0.05, 0) is 57.8 Å². The van der Waals surface area contributed by atoms with Crippen LogP contribution in [-0.2, 0) is 0 Å². The molecule has 0 bridgehead atoms. The van der Waals surface area contributed by atoms with Gasteiger partial charge in [-0.2, -0.15) is 14.6 Å². The van der Waals surface area contributed by atoms with Gasteiger partial charge in [0.15, 0.2) is 0 Å². The molecule has 0 aliphatic carbocycles. The number of nitrogens with one attached hydrogen (secondary N) is 1. The smallest absolute Gasteiger partial charge is 0.229 e. The Labute approximate surface area is 188 Å². The van der Waals surface area contributed by atoms with Gasteiger partial charge in [0, 0.05) is 50.0 Å². The Morgan fingerprint density at radius 2 is 2.00 bits per heavy atom. The second kappa shape index (κ2) is 7.69. The van der Waals surface area contributed by atoms with E-state index in [0.717, 1.165) is 54.8 Å². The first-order valence-corrected chi connectivity index (χ1v) is 11.8. The highest BCUT2D eigenvalue weighted by molar-refractivity contribution is 7.10. The molecule has 3 aliphatic heterocycles. The zero-order chi connectivity index (χ0) is 21.6. The van der Waals surface area contributed by atoms with Crippen LogP contribution in [0.4, 0.5) is 16.8 Å². The molecule has 5 heterocycles. The summed E-state index contributed by atoms with van der Waals surface area (Å²) in [5.41, 5.74) is 2.23. The minimum atomic E-state index is -0.0772. The van der Waals surface area contributed by atoms with E-state index >= 15 is 0 Å². The fourth-order valence-electron chi connectivity index (χ4n) is 5.51. The minimum absolute atomic E-state index is 0.0772. The number of nitrogens with zero attached hydrogens (tertiary/aromatic N) is 7. The van der Waals surface area contributed by atoms with Gasteiger partial charge in [0.05, 0.1) is 23.7 Å². The molecule has 3 fully saturated rings. The lowest BCUT2D eigenvalue weighted by Gasteiger charge is -2.59. The summed E-state index contributed by atoms with van der Waals surface area (Å²) in [4.78, 5) is 16.8. The highest BCUT2D eigenvalue weighted by atomic mass is 32.1. The zero-order valence-corrected chi connectivity index (χ0v) is 19.4. The summed E-state index contributed by atoms with van der Waals surface area (Å²) in [6.07, 6.45) is 4.99. The van der Waals surface area contributed by atoms with Crippen LogP contribution in [-0.4, -0.2) is 74.5 Å². The fraction of sp³-hybridized carbons (Fsp3) is 0.636. The van der Waals surface area contributed by atoms with Gasteiger partial charge in [-0.1, -0.05) is 0 Å². The number of piperazine rings is 1. The summed E-state index contributed by atoms with van der Waals surface area (Å²) in [6, 6.07) is 4.48. The van der Waals surface area contributed by atoms with Gasteiger partial charge in [-0.15, -0.1) is 0 Å². The molecule has 3 aliphatic rings. The van der Waals surface area contributed by atoms with Crippen molar-refractivity contribution in [2.75, 3.05) is 49.5 Å². The van der Waals surface area contributed by atoms with Crippen LogP contribution in [0.2, 0.25) is 0 Å². The van der Waals surface area contributed by atoms with E-state index in [-0.39, 0.29) is 11.1 Å². The predicted octanol–water partition coefficient (Wildman–Crippen LogP) is 2.94. The number of fused-ring (bicyclic) bond motifs is 1. The average Bonchev–Trinajstić information content (AvgIpc) is 3.30. The largest absolute Gasteiger partial charge is 0.352 e. The summed E-state index contributed by atoms with van der Waals surface area (Å²) in [6.45, 7) is 12.5. The van der Waals surface area contributed by atoms with Crippen LogP contribution in [0.3, 0.4) is 0 Å². The van der Waals surface area contributed by atoms with E-state index in [0.29, 0.717) is 12.4 Å². The summed E-state index contributed by atoms with van der Waals surface area (Å²) in [7, 11) is 0. The lowest BCUT2D eigenvalue weighted by atomic mass is 9.81. The maximum Gasteiger partial charge on any atom is 0.229 e. The molecule has 0 saturated carbocycles. The second-order valence-electron chi connectivity index (χ2n) is 9.58. The van der Waals surface area contributed by atoms with E-state index in [2.05, 4.69) is 49.3 Å². The molecule has 3 saturated heterocycles. The summed E-state index contributed by atoms with van der Waals surface area (Å²) in [5.74, 6) is 1.55. The van der Waals surface area contributed by atoms with E-state index in [9.17, 15) is 5.26 Å². The van der Waals surface area contributed by atoms with Gasteiger partial charge in [-0.3, -0.25) is 9.80 Å². The molecule has 0 aromatic carbocycles. The lowest BCUT2D eigenvalue weighted by molar-refractivity contribution is -0.0354. The van der Waals surface area contributed by atoms with E-state index in [1.165, 1.54) is 30.9 Å². The van der Waals surface area contributed by atoms with Crippen LogP contribution in [0.15, 0.2) is 12.3 Å². The molecule has 0 radical (unpaired) electrons. The van der Waals surface area contributed by atoms with Gasteiger partial charge < -0.3 is 10.2 Å². The van der Waals surface area contributed by atoms with Crippen LogP contribution in [0.5, 0.6) is 0 Å². The molecule has 5 rings (SSSR count). The van der Waals surface area contributed by atoms with Crippen LogP contribution in [0, 0.1) is 25.2 Å². The SMILES string of the molecule is Cc1cc(Nc2ncc(C)c(N3CC(CC#N)(N4CCN5CCC[C@@]5(C)C4)C3)n2)sn1. The van der Waals surface area contributed by atoms with Gasteiger partial charge in [-0.25, -0.2) is 4.98 Å². The normalized spacial score (nSPS) is 25.7. The molecule has 2 aromatic rings. The Balaban J connectivity index is 1.33. The molecule has 164 valence electrons. The first-order chi connectivity index (χ1) is 14.9. The first-order valence-electron chi connectivity index (χ1n) is 11.1. The van der Waals surface area contributed by atoms with Crippen LogP contribution in [0.25, 0.3) is 0 Å². The molecular formula is C22H30N8S. The maximum absolute atomic E-state index is 9.62. The minimum Gasteiger partial charge on any atom is -0.352 e. The molecule has 2 aromatic heterocycles. The Morgan fingerprint density at radius 1 is 1.19 bits per heavy atom. The number of rotatable bonds is 5. The number of nitriles is 1. The third kappa shape index (κ3) is 3.67. The Morgan fingerprint density at radius 3 is 2.74 bits per heavy atom. The Hall–Kier alpha value is -2.28. The van der Waals surface area contributed by atoms with Gasteiger partial charge >= 0.3 is 0 Å². The third-order valence-electron chi connectivity index (χ3n) is 7.23. The fourth-order valence-corrected chi connectivity index (χ4v) is 6.16. The molecule has 0 unspecified atom stereocenters. The quantitative estimate of drug-likeness (QED) is 0.763. The van der Waals surface area contributed by atoms with Crippen molar-refractivity contribution in [3.63, 3.8) is 0 Å². The third-order valence-corrected chi connectivity index (χ3v) is 8.03. The average molecular weight is 439 g/mol. The number of anilines is 3. The molecule has 1 atom stereocenters. The highest BCUT2D eigenvalue weighted by Crippen LogP contribution is 2.41. The van der Waals surface area contributed by atoms with Crippen molar-refractivity contribution in [3.8, 4) is 6.07 Å². The topological polar surface area (TPSA) is 84.2 Å². The van der Waals surface area contributed by atoms with E-state index < -0.39 is 0 Å². The van der Waals surface area contributed by atoms with Crippen molar-refractivity contribution >= 4 is 28.3 Å². The van der Waals surface area contributed by atoms with Crippen LogP contribution < -0.4 is 10.2 Å². The van der Waals surface area contributed by atoms with Gasteiger partial charge in [0.1, 0.15) is 10.8 Å². The molecular weight excluding hydrogens is 408 g/mol. The van der Waals surface area contributed by atoms with Crippen molar-refractivity contribution in [1.82, 2.24) is 24.1 Å². The number of hydrogen-bond donors (Lipinski definition) is 1. The number of aromatic nitrogens is 3. The summed E-state index contributed by atoms with van der Waals surface area (Å²) in [5, 5.41) is 13.8. The molecule has 8 nitrogen and oxygen atoms in total. The van der Waals surface area contributed by atoms with E-state index in [4.69, 9.17) is 4.98 Å². The zero-order valence-electron chi connectivity index (χ0n) is 18.6. The second-order valence-corrected chi connectivity index (χ2v) is 10.4. The summed E-state index contributed by atoms with van der Waals surface area (Å²) >= 11 is 1.41. The van der Waals surface area contributed by atoms with Gasteiger partial charge in [0.2, 0.25) is 5.95 Å². The van der Waals surface area contributed by atoms with Crippen molar-refractivity contribution in [2.24, 2.45) is 0 Å². The van der Waals surface area contributed by atoms with Crippen molar-refractivity contribution < 1.29 is 0 Å². The summed E-state index contributed by atoms with van der Waals surface area (Å²) < 4.78 is 4.31. The number of aryl methyl sites for hydroxylation is 2. The van der Waals surface area contributed by atoms with E-state index in [1.807, 2.05) is 19.2 Å². The van der Waals surface area contributed by atoms with Crippen molar-refractivity contribution in [3.05, 3.63) is 23.5 Å². The molecule has 31 heavy (non-hydrogen) atoms. The molecule has 9 heteroatoms. The molecule has 0 spiro atoms. The lowest BCUT2D eigenvalue weighted by Crippen LogP contribution is -2.75. The Kier molecular flexibility index (Phi) is 5.12. The van der Waals surface area contributed by atoms with Crippen LogP contribution in [0.1, 0.15) is 37.4 Å². The Bertz CT molecular complexity index is 1010. The van der Waals surface area contributed by atoms with Gasteiger partial charge in [0.25, 0.3) is 0 Å². The van der Waals surface area contributed by atoms with Crippen LogP contribution >= 0.6 is 11.5 Å². The maximum atomic E-state index is 9.62. The predicted molar refractivity (Wildman–Crippen MR) is 123 cm³/mol. The van der Waals surface area contributed by atoms with Crippen molar-refractivity contribution in [1.29, 1.82) is 5.26 Å². The standard InChI is InChI=1S/C22H30N8S/c1-16-12-24-20(25-18-11-17(2)27-31-18)26-19(16)28-14-22(15-28,6-7-23)30-10-9-29-8-4-5-21(29,3)13-30/h11-12H,4-6,8-10,13-15H2,1-3H3,(H,24,25,26)/t21-/m0/s1. The van der Waals surface area contributed by atoms with E-state index in [1.54, 1.807) is 0 Å². The number of hydrogen-bond acceptors (Lipinski definition) is 9. The monoisotopic (exact) mass is 438 g/mol.